The van der Waals surface area contributed by atoms with Crippen molar-refractivity contribution in [3.63, 3.8) is 0 Å². The molecule has 122 valence electrons. The minimum Gasteiger partial charge on any atom is -0.378 e. The van der Waals surface area contributed by atoms with E-state index < -0.39 is 11.6 Å². The Balaban J connectivity index is 1.96. The van der Waals surface area contributed by atoms with Gasteiger partial charge in [-0.3, -0.25) is 4.90 Å². The lowest BCUT2D eigenvalue weighted by molar-refractivity contribution is 0.122. The molecule has 2 unspecified atom stereocenters. The van der Waals surface area contributed by atoms with Crippen LogP contribution in [0, 0.1) is 17.6 Å². The van der Waals surface area contributed by atoms with Gasteiger partial charge >= 0.3 is 0 Å². The third-order valence-electron chi connectivity index (χ3n) is 4.75. The van der Waals surface area contributed by atoms with E-state index in [9.17, 15) is 8.78 Å². The maximum atomic E-state index is 13.8. The zero-order valence-electron chi connectivity index (χ0n) is 12.9. The van der Waals surface area contributed by atoms with Crippen molar-refractivity contribution in [1.82, 2.24) is 4.90 Å². The lowest BCUT2D eigenvalue weighted by atomic mass is 9.97. The Morgan fingerprint density at radius 2 is 1.91 bits per heavy atom. The van der Waals surface area contributed by atoms with Crippen LogP contribution < -0.4 is 10.6 Å². The molecular formula is C16H23F2N3O. The summed E-state index contributed by atoms with van der Waals surface area (Å²) >= 11 is 0. The van der Waals surface area contributed by atoms with Gasteiger partial charge in [-0.15, -0.1) is 0 Å². The molecule has 2 saturated heterocycles. The molecule has 0 amide bonds. The molecule has 2 N–H and O–H groups in total. The van der Waals surface area contributed by atoms with Crippen molar-refractivity contribution in [2.24, 2.45) is 11.7 Å². The highest BCUT2D eigenvalue weighted by Crippen LogP contribution is 2.39. The van der Waals surface area contributed by atoms with Crippen LogP contribution in [0.15, 0.2) is 12.1 Å². The number of morpholine rings is 1. The molecule has 0 saturated carbocycles. The summed E-state index contributed by atoms with van der Waals surface area (Å²) in [7, 11) is 2.02. The molecule has 0 spiro atoms. The van der Waals surface area contributed by atoms with Crippen molar-refractivity contribution in [2.75, 3.05) is 51.3 Å². The average molecular weight is 311 g/mol. The first-order valence-electron chi connectivity index (χ1n) is 7.82. The lowest BCUT2D eigenvalue weighted by Crippen LogP contribution is -2.37. The molecule has 1 aromatic carbocycles. The smallest absolute Gasteiger partial charge is 0.160 e. The Bertz CT molecular complexity index is 534. The van der Waals surface area contributed by atoms with Crippen LogP contribution >= 0.6 is 0 Å². The summed E-state index contributed by atoms with van der Waals surface area (Å²) in [6.45, 7) is 4.15. The van der Waals surface area contributed by atoms with Gasteiger partial charge in [0.1, 0.15) is 0 Å². The number of hydrogen-bond donors (Lipinski definition) is 1. The molecule has 2 heterocycles. The molecule has 3 rings (SSSR count). The van der Waals surface area contributed by atoms with Crippen LogP contribution in [-0.4, -0.2) is 51.3 Å². The fourth-order valence-electron chi connectivity index (χ4n) is 3.54. The number of likely N-dealkylation sites (tertiary alicyclic amines) is 1. The highest BCUT2D eigenvalue weighted by molar-refractivity contribution is 5.56. The number of halogens is 2. The third kappa shape index (κ3) is 2.95. The summed E-state index contributed by atoms with van der Waals surface area (Å²) in [5.41, 5.74) is 7.43. The topological polar surface area (TPSA) is 41.7 Å². The molecule has 22 heavy (non-hydrogen) atoms. The monoisotopic (exact) mass is 311 g/mol. The second-order valence-corrected chi connectivity index (χ2v) is 6.22. The molecule has 0 radical (unpaired) electrons. The van der Waals surface area contributed by atoms with Crippen LogP contribution in [-0.2, 0) is 4.74 Å². The van der Waals surface area contributed by atoms with Crippen LogP contribution in [0.3, 0.4) is 0 Å². The Morgan fingerprint density at radius 3 is 2.55 bits per heavy atom. The number of benzene rings is 1. The van der Waals surface area contributed by atoms with E-state index in [1.807, 2.05) is 7.05 Å². The van der Waals surface area contributed by atoms with Gasteiger partial charge in [0.15, 0.2) is 11.6 Å². The first-order chi connectivity index (χ1) is 10.6. The highest BCUT2D eigenvalue weighted by atomic mass is 19.2. The van der Waals surface area contributed by atoms with Gasteiger partial charge in [0.2, 0.25) is 0 Å². The Morgan fingerprint density at radius 1 is 1.23 bits per heavy atom. The van der Waals surface area contributed by atoms with Gasteiger partial charge in [0.05, 0.1) is 13.2 Å². The van der Waals surface area contributed by atoms with Gasteiger partial charge in [0.25, 0.3) is 0 Å². The number of nitrogens with two attached hydrogens (primary N) is 1. The van der Waals surface area contributed by atoms with Gasteiger partial charge in [0, 0.05) is 37.4 Å². The summed E-state index contributed by atoms with van der Waals surface area (Å²) < 4.78 is 33.0. The summed E-state index contributed by atoms with van der Waals surface area (Å²) in [6, 6.07) is 2.78. The molecule has 0 aliphatic carbocycles. The summed E-state index contributed by atoms with van der Waals surface area (Å²) in [4.78, 5) is 4.28. The molecule has 2 aliphatic heterocycles. The standard InChI is InChI=1S/C16H23F2N3O/c1-20-10-11(9-19)6-15(20)12-7-13(17)14(18)8-16(12)21-2-4-22-5-3-21/h7-8,11,15H,2-6,9-10,19H2,1H3. The Labute approximate surface area is 129 Å². The van der Waals surface area contributed by atoms with E-state index in [2.05, 4.69) is 9.80 Å². The number of ether oxygens (including phenoxy) is 1. The maximum absolute atomic E-state index is 13.8. The number of hydrogen-bond acceptors (Lipinski definition) is 4. The van der Waals surface area contributed by atoms with E-state index in [4.69, 9.17) is 10.5 Å². The van der Waals surface area contributed by atoms with Crippen molar-refractivity contribution in [1.29, 1.82) is 0 Å². The minimum atomic E-state index is -0.790. The third-order valence-corrected chi connectivity index (χ3v) is 4.75. The predicted molar refractivity (Wildman–Crippen MR) is 81.9 cm³/mol. The normalized spacial score (nSPS) is 26.6. The molecule has 0 bridgehead atoms. The Hall–Kier alpha value is -1.24. The van der Waals surface area contributed by atoms with E-state index >= 15 is 0 Å². The second kappa shape index (κ2) is 6.48. The highest BCUT2D eigenvalue weighted by Gasteiger charge is 2.33. The maximum Gasteiger partial charge on any atom is 0.160 e. The van der Waals surface area contributed by atoms with E-state index in [0.717, 1.165) is 24.2 Å². The van der Waals surface area contributed by atoms with E-state index in [1.165, 1.54) is 12.1 Å². The van der Waals surface area contributed by atoms with Crippen LogP contribution in [0.2, 0.25) is 0 Å². The van der Waals surface area contributed by atoms with Crippen molar-refractivity contribution >= 4 is 5.69 Å². The Kier molecular flexibility index (Phi) is 4.61. The van der Waals surface area contributed by atoms with Crippen LogP contribution in [0.1, 0.15) is 18.0 Å². The van der Waals surface area contributed by atoms with Crippen LogP contribution in [0.25, 0.3) is 0 Å². The summed E-state index contributed by atoms with van der Waals surface area (Å²) in [5.74, 6) is -1.17. The van der Waals surface area contributed by atoms with Crippen molar-refractivity contribution in [2.45, 2.75) is 12.5 Å². The SMILES string of the molecule is CN1CC(CN)CC1c1cc(F)c(F)cc1N1CCOCC1. The molecular weight excluding hydrogens is 288 g/mol. The fourth-order valence-corrected chi connectivity index (χ4v) is 3.54. The molecule has 2 fully saturated rings. The molecule has 2 aliphatic rings. The average Bonchev–Trinajstić information content (AvgIpc) is 2.91. The molecule has 6 heteroatoms. The van der Waals surface area contributed by atoms with Crippen molar-refractivity contribution in [3.05, 3.63) is 29.3 Å². The van der Waals surface area contributed by atoms with E-state index in [1.54, 1.807) is 0 Å². The first kappa shape index (κ1) is 15.6. The fraction of sp³-hybridized carbons (Fsp3) is 0.625. The van der Waals surface area contributed by atoms with Gasteiger partial charge in [-0.25, -0.2) is 8.78 Å². The van der Waals surface area contributed by atoms with Gasteiger partial charge in [-0.1, -0.05) is 0 Å². The van der Waals surface area contributed by atoms with Crippen LogP contribution in [0.5, 0.6) is 0 Å². The molecule has 0 aromatic heterocycles. The van der Waals surface area contributed by atoms with Gasteiger partial charge < -0.3 is 15.4 Å². The van der Waals surface area contributed by atoms with E-state index in [0.29, 0.717) is 38.8 Å². The largest absolute Gasteiger partial charge is 0.378 e. The number of nitrogens with zero attached hydrogens (tertiary/aromatic N) is 2. The predicted octanol–water partition coefficient (Wildman–Crippen LogP) is 1.75. The van der Waals surface area contributed by atoms with Crippen molar-refractivity contribution < 1.29 is 13.5 Å². The van der Waals surface area contributed by atoms with Gasteiger partial charge in [-0.2, -0.15) is 0 Å². The van der Waals surface area contributed by atoms with E-state index in [-0.39, 0.29) is 6.04 Å². The molecule has 1 aromatic rings. The minimum absolute atomic E-state index is 0.0847. The quantitative estimate of drug-likeness (QED) is 0.923. The first-order valence-corrected chi connectivity index (χ1v) is 7.82. The number of anilines is 1. The lowest BCUT2D eigenvalue weighted by Gasteiger charge is -2.33. The second-order valence-electron chi connectivity index (χ2n) is 6.22. The van der Waals surface area contributed by atoms with Crippen molar-refractivity contribution in [3.8, 4) is 0 Å². The molecule has 4 nitrogen and oxygen atoms in total. The zero-order valence-corrected chi connectivity index (χ0v) is 12.9. The summed E-state index contributed by atoms with van der Waals surface area (Å²) in [5, 5.41) is 0. The van der Waals surface area contributed by atoms with Gasteiger partial charge in [-0.05, 0) is 37.6 Å². The van der Waals surface area contributed by atoms with Crippen LogP contribution in [0.4, 0.5) is 14.5 Å². The zero-order chi connectivity index (χ0) is 15.7. The molecule has 2 atom stereocenters. The summed E-state index contributed by atoms with van der Waals surface area (Å²) in [6.07, 6.45) is 0.884. The number of rotatable bonds is 3.